The monoisotopic (exact) mass is 327 g/mol. The highest BCUT2D eigenvalue weighted by Crippen LogP contribution is 2.36. The lowest BCUT2D eigenvalue weighted by Crippen LogP contribution is -2.48. The average Bonchev–Trinajstić information content (AvgIpc) is 2.45. The molecule has 0 aliphatic heterocycles. The number of nitrogens with one attached hydrogen (secondary N) is 1. The van der Waals surface area contributed by atoms with Crippen LogP contribution in [0.15, 0.2) is 12.1 Å². The van der Waals surface area contributed by atoms with Crippen LogP contribution in [0.5, 0.6) is 11.5 Å². The van der Waals surface area contributed by atoms with E-state index in [2.05, 4.69) is 26.1 Å². The zero-order valence-electron chi connectivity index (χ0n) is 13.6. The molecule has 1 aromatic rings. The van der Waals surface area contributed by atoms with Crippen molar-refractivity contribution in [2.75, 3.05) is 0 Å². The van der Waals surface area contributed by atoms with Crippen LogP contribution in [0.1, 0.15) is 69.7 Å². The number of phenolic OH excluding ortho intramolecular Hbond substituents is 2. The number of carbonyl (C=O) groups excluding carboxylic acids is 1. The Hall–Kier alpha value is -1.42. The minimum Gasteiger partial charge on any atom is -0.504 e. The van der Waals surface area contributed by atoms with Crippen LogP contribution in [0.4, 0.5) is 0 Å². The van der Waals surface area contributed by atoms with E-state index in [1.54, 1.807) is 0 Å². The standard InChI is InChI=1S/C17H26ClNO3/c1-4-9-17(10-5-2,11-6-3)19-16(22)12-7-8-13(20)15(21)14(12)18/h7-8,20-21H,4-6,9-11H2,1-3H3,(H,19,22). The first kappa shape index (κ1) is 18.6. The summed E-state index contributed by atoms with van der Waals surface area (Å²) in [6, 6.07) is 2.71. The van der Waals surface area contributed by atoms with Crippen molar-refractivity contribution >= 4 is 17.5 Å². The van der Waals surface area contributed by atoms with Gasteiger partial charge >= 0.3 is 0 Å². The topological polar surface area (TPSA) is 69.6 Å². The maximum Gasteiger partial charge on any atom is 0.253 e. The molecule has 5 heteroatoms. The molecule has 0 aromatic heterocycles. The van der Waals surface area contributed by atoms with Gasteiger partial charge in [-0.1, -0.05) is 51.6 Å². The van der Waals surface area contributed by atoms with Gasteiger partial charge in [0.1, 0.15) is 0 Å². The van der Waals surface area contributed by atoms with E-state index in [1.807, 2.05) is 0 Å². The second-order valence-electron chi connectivity index (χ2n) is 5.78. The van der Waals surface area contributed by atoms with E-state index >= 15 is 0 Å². The highest BCUT2D eigenvalue weighted by molar-refractivity contribution is 6.35. The smallest absolute Gasteiger partial charge is 0.253 e. The van der Waals surface area contributed by atoms with Gasteiger partial charge in [-0.15, -0.1) is 0 Å². The van der Waals surface area contributed by atoms with E-state index in [-0.39, 0.29) is 27.8 Å². The Bertz CT molecular complexity index is 500. The van der Waals surface area contributed by atoms with Gasteiger partial charge in [0.15, 0.2) is 11.5 Å². The molecule has 0 fully saturated rings. The number of hydrogen-bond donors (Lipinski definition) is 3. The first-order chi connectivity index (χ1) is 10.4. The van der Waals surface area contributed by atoms with Crippen molar-refractivity contribution in [2.45, 2.75) is 64.8 Å². The molecule has 0 radical (unpaired) electrons. The molecular formula is C17H26ClNO3. The summed E-state index contributed by atoms with van der Waals surface area (Å²) in [5.74, 6) is -1.10. The summed E-state index contributed by atoms with van der Waals surface area (Å²) in [6.07, 6.45) is 5.66. The predicted molar refractivity (Wildman–Crippen MR) is 89.7 cm³/mol. The fraction of sp³-hybridized carbons (Fsp3) is 0.588. The Morgan fingerprint density at radius 3 is 2.05 bits per heavy atom. The normalized spacial score (nSPS) is 11.5. The number of benzene rings is 1. The van der Waals surface area contributed by atoms with Crippen LogP contribution in [0, 0.1) is 0 Å². The average molecular weight is 328 g/mol. The molecule has 0 saturated heterocycles. The number of amides is 1. The molecule has 1 amide bonds. The molecule has 0 atom stereocenters. The van der Waals surface area contributed by atoms with Crippen molar-refractivity contribution < 1.29 is 15.0 Å². The summed E-state index contributed by atoms with van der Waals surface area (Å²) in [5, 5.41) is 22.1. The van der Waals surface area contributed by atoms with Crippen LogP contribution >= 0.6 is 11.6 Å². The van der Waals surface area contributed by atoms with Gasteiger partial charge in [-0.2, -0.15) is 0 Å². The Morgan fingerprint density at radius 1 is 1.09 bits per heavy atom. The Morgan fingerprint density at radius 2 is 1.59 bits per heavy atom. The highest BCUT2D eigenvalue weighted by atomic mass is 35.5. The molecule has 0 saturated carbocycles. The van der Waals surface area contributed by atoms with Crippen molar-refractivity contribution in [3.05, 3.63) is 22.7 Å². The molecule has 0 spiro atoms. The SMILES string of the molecule is CCCC(CCC)(CCC)NC(=O)c1ccc(O)c(O)c1Cl. The Labute approximate surface area is 137 Å². The second kappa shape index (κ2) is 8.28. The minimum atomic E-state index is -0.457. The van der Waals surface area contributed by atoms with E-state index in [4.69, 9.17) is 11.6 Å². The van der Waals surface area contributed by atoms with E-state index in [0.29, 0.717) is 0 Å². The van der Waals surface area contributed by atoms with Gasteiger partial charge in [0.2, 0.25) is 0 Å². The molecule has 1 aromatic carbocycles. The second-order valence-corrected chi connectivity index (χ2v) is 6.16. The van der Waals surface area contributed by atoms with E-state index in [0.717, 1.165) is 38.5 Å². The minimum absolute atomic E-state index is 0.115. The molecule has 0 heterocycles. The maximum atomic E-state index is 12.6. The molecule has 0 aliphatic carbocycles. The third-order valence-electron chi connectivity index (χ3n) is 3.90. The zero-order chi connectivity index (χ0) is 16.8. The van der Waals surface area contributed by atoms with E-state index in [9.17, 15) is 15.0 Å². The number of hydrogen-bond acceptors (Lipinski definition) is 3. The largest absolute Gasteiger partial charge is 0.504 e. The third-order valence-corrected chi connectivity index (χ3v) is 4.29. The summed E-state index contributed by atoms with van der Waals surface area (Å²) >= 11 is 5.98. The third kappa shape index (κ3) is 4.29. The van der Waals surface area contributed by atoms with Crippen LogP contribution in [0.25, 0.3) is 0 Å². The molecule has 0 bridgehead atoms. The fourth-order valence-corrected chi connectivity index (χ4v) is 3.28. The van der Waals surface area contributed by atoms with Crippen LogP contribution in [0.2, 0.25) is 5.02 Å². The van der Waals surface area contributed by atoms with Crippen molar-refractivity contribution in [1.29, 1.82) is 0 Å². The van der Waals surface area contributed by atoms with Crippen molar-refractivity contribution in [1.82, 2.24) is 5.32 Å². The molecule has 4 nitrogen and oxygen atoms in total. The molecule has 22 heavy (non-hydrogen) atoms. The van der Waals surface area contributed by atoms with Crippen molar-refractivity contribution in [3.8, 4) is 11.5 Å². The maximum absolute atomic E-state index is 12.6. The predicted octanol–water partition coefficient (Wildman–Crippen LogP) is 4.62. The van der Waals surface area contributed by atoms with Gasteiger partial charge < -0.3 is 15.5 Å². The van der Waals surface area contributed by atoms with Gasteiger partial charge in [0.25, 0.3) is 5.91 Å². The quantitative estimate of drug-likeness (QED) is 0.610. The number of phenols is 2. The molecule has 124 valence electrons. The van der Waals surface area contributed by atoms with Gasteiger partial charge in [0.05, 0.1) is 10.6 Å². The summed E-state index contributed by atoms with van der Waals surface area (Å²) in [5.41, 5.74) is -0.0590. The molecular weight excluding hydrogens is 302 g/mol. The van der Waals surface area contributed by atoms with Gasteiger partial charge in [-0.3, -0.25) is 4.79 Å². The van der Waals surface area contributed by atoms with Crippen molar-refractivity contribution in [2.24, 2.45) is 0 Å². The molecule has 3 N–H and O–H groups in total. The first-order valence-corrected chi connectivity index (χ1v) is 8.31. The van der Waals surface area contributed by atoms with Crippen LogP contribution in [-0.4, -0.2) is 21.7 Å². The Balaban J connectivity index is 3.07. The summed E-state index contributed by atoms with van der Waals surface area (Å²) in [6.45, 7) is 6.31. The van der Waals surface area contributed by atoms with Crippen LogP contribution < -0.4 is 5.32 Å². The fourth-order valence-electron chi connectivity index (χ4n) is 3.04. The van der Waals surface area contributed by atoms with Gasteiger partial charge in [-0.25, -0.2) is 0 Å². The zero-order valence-corrected chi connectivity index (χ0v) is 14.3. The first-order valence-electron chi connectivity index (χ1n) is 7.93. The number of carbonyl (C=O) groups is 1. The van der Waals surface area contributed by atoms with Crippen LogP contribution in [-0.2, 0) is 0 Å². The summed E-state index contributed by atoms with van der Waals surface area (Å²) in [7, 11) is 0. The van der Waals surface area contributed by atoms with Gasteiger partial charge in [0, 0.05) is 5.54 Å². The van der Waals surface area contributed by atoms with E-state index < -0.39 is 5.75 Å². The number of aromatic hydroxyl groups is 2. The molecule has 0 aliphatic rings. The highest BCUT2D eigenvalue weighted by Gasteiger charge is 2.30. The molecule has 0 unspecified atom stereocenters. The lowest BCUT2D eigenvalue weighted by molar-refractivity contribution is 0.0876. The van der Waals surface area contributed by atoms with Crippen molar-refractivity contribution in [3.63, 3.8) is 0 Å². The Kier molecular flexibility index (Phi) is 7.01. The van der Waals surface area contributed by atoms with Crippen LogP contribution in [0.3, 0.4) is 0 Å². The van der Waals surface area contributed by atoms with Gasteiger partial charge in [-0.05, 0) is 31.4 Å². The summed E-state index contributed by atoms with van der Waals surface area (Å²) < 4.78 is 0. The summed E-state index contributed by atoms with van der Waals surface area (Å²) in [4.78, 5) is 12.6. The lowest BCUT2D eigenvalue weighted by Gasteiger charge is -2.35. The number of halogens is 1. The molecule has 1 rings (SSSR count). The number of rotatable bonds is 8. The lowest BCUT2D eigenvalue weighted by atomic mass is 9.84. The van der Waals surface area contributed by atoms with E-state index in [1.165, 1.54) is 12.1 Å².